The molecular weight excluding hydrogens is 434 g/mol. The lowest BCUT2D eigenvalue weighted by atomic mass is 10.1. The third-order valence-corrected chi connectivity index (χ3v) is 6.16. The summed E-state index contributed by atoms with van der Waals surface area (Å²) in [5.41, 5.74) is 1.35. The van der Waals surface area contributed by atoms with E-state index in [1.54, 1.807) is 12.1 Å². The third-order valence-electron chi connectivity index (χ3n) is 5.20. The number of fused-ring (bicyclic) bond motifs is 1. The number of anilines is 1. The van der Waals surface area contributed by atoms with Crippen LogP contribution in [0.15, 0.2) is 78.0 Å². The number of amides is 2. The Morgan fingerprint density at radius 1 is 0.970 bits per heavy atom. The predicted molar refractivity (Wildman–Crippen MR) is 131 cm³/mol. The molecule has 0 saturated heterocycles. The molecule has 3 aromatic carbocycles. The molecule has 33 heavy (non-hydrogen) atoms. The van der Waals surface area contributed by atoms with Gasteiger partial charge in [0.15, 0.2) is 11.0 Å². The average molecular weight is 460 g/mol. The minimum Gasteiger partial charge on any atom is -0.342 e. The van der Waals surface area contributed by atoms with E-state index in [9.17, 15) is 9.59 Å². The van der Waals surface area contributed by atoms with Crippen LogP contribution in [-0.4, -0.2) is 32.3 Å². The van der Waals surface area contributed by atoms with Crippen molar-refractivity contribution in [3.8, 4) is 0 Å². The van der Waals surface area contributed by atoms with Crippen molar-refractivity contribution in [1.29, 1.82) is 0 Å². The van der Waals surface area contributed by atoms with Crippen molar-refractivity contribution in [3.63, 3.8) is 0 Å². The van der Waals surface area contributed by atoms with Crippen LogP contribution in [0, 0.1) is 0 Å². The van der Waals surface area contributed by atoms with Crippen molar-refractivity contribution in [2.75, 3.05) is 11.1 Å². The number of carbonyl (C=O) groups is 2. The molecule has 1 atom stereocenters. The quantitative estimate of drug-likeness (QED) is 0.374. The summed E-state index contributed by atoms with van der Waals surface area (Å²) < 4.78 is 1.92. The zero-order valence-corrected chi connectivity index (χ0v) is 19.3. The largest absolute Gasteiger partial charge is 0.342 e. The first kappa shape index (κ1) is 22.5. The van der Waals surface area contributed by atoms with E-state index < -0.39 is 0 Å². The molecule has 1 aromatic heterocycles. The van der Waals surface area contributed by atoms with E-state index in [4.69, 9.17) is 0 Å². The van der Waals surface area contributed by atoms with Gasteiger partial charge in [-0.25, -0.2) is 0 Å². The smallest absolute Gasteiger partial charge is 0.251 e. The van der Waals surface area contributed by atoms with Crippen LogP contribution in [-0.2, 0) is 11.3 Å². The number of carbonyl (C=O) groups excluding carboxylic acids is 2. The molecule has 4 aromatic rings. The van der Waals surface area contributed by atoms with Gasteiger partial charge in [-0.3, -0.25) is 9.59 Å². The molecule has 0 radical (unpaired) electrons. The zero-order chi connectivity index (χ0) is 23.2. The minimum atomic E-state index is -0.328. The lowest BCUT2D eigenvalue weighted by Crippen LogP contribution is -2.28. The average Bonchev–Trinajstić information content (AvgIpc) is 3.26. The Morgan fingerprint density at radius 3 is 2.45 bits per heavy atom. The highest BCUT2D eigenvalue weighted by molar-refractivity contribution is 7.99. The first-order chi connectivity index (χ1) is 16.0. The van der Waals surface area contributed by atoms with Crippen LogP contribution in [0.2, 0.25) is 0 Å². The Hall–Kier alpha value is -3.65. The number of hydrogen-bond donors (Lipinski definition) is 2. The van der Waals surface area contributed by atoms with Crippen LogP contribution in [0.25, 0.3) is 10.8 Å². The molecule has 0 bridgehead atoms. The predicted octanol–water partition coefficient (Wildman–Crippen LogP) is 4.67. The molecule has 168 valence electrons. The summed E-state index contributed by atoms with van der Waals surface area (Å²) in [7, 11) is 0. The van der Waals surface area contributed by atoms with Gasteiger partial charge in [-0.05, 0) is 48.9 Å². The number of benzene rings is 3. The lowest BCUT2D eigenvalue weighted by Gasteiger charge is -2.15. The molecule has 0 aliphatic rings. The lowest BCUT2D eigenvalue weighted by molar-refractivity contribution is -0.113. The van der Waals surface area contributed by atoms with E-state index in [-0.39, 0.29) is 23.6 Å². The van der Waals surface area contributed by atoms with Gasteiger partial charge < -0.3 is 15.2 Å². The molecule has 4 rings (SSSR count). The Kier molecular flexibility index (Phi) is 7.04. The van der Waals surface area contributed by atoms with Crippen LogP contribution in [0.5, 0.6) is 0 Å². The van der Waals surface area contributed by atoms with Crippen LogP contribution in [0.4, 0.5) is 5.69 Å². The second-order valence-corrected chi connectivity index (χ2v) is 8.49. The van der Waals surface area contributed by atoms with Crippen molar-refractivity contribution >= 4 is 40.0 Å². The second kappa shape index (κ2) is 10.3. The Balaban J connectivity index is 1.38. The molecule has 0 fully saturated rings. The van der Waals surface area contributed by atoms with Crippen molar-refractivity contribution in [2.45, 2.75) is 31.6 Å². The van der Waals surface area contributed by atoms with Gasteiger partial charge in [-0.15, -0.1) is 10.2 Å². The summed E-state index contributed by atoms with van der Waals surface area (Å²) in [6, 6.07) is 22.6. The fourth-order valence-electron chi connectivity index (χ4n) is 3.55. The van der Waals surface area contributed by atoms with E-state index in [1.807, 2.05) is 79.1 Å². The molecule has 8 heteroatoms. The SMILES string of the molecule is CCn1c(SCC(=O)Nc2ccc3ccccc3c2)nnc1C(C)NC(=O)c1ccccc1. The van der Waals surface area contributed by atoms with Gasteiger partial charge in [-0.2, -0.15) is 0 Å². The number of rotatable bonds is 8. The molecule has 0 aliphatic carbocycles. The van der Waals surface area contributed by atoms with E-state index in [2.05, 4.69) is 20.8 Å². The second-order valence-electron chi connectivity index (χ2n) is 7.54. The maximum Gasteiger partial charge on any atom is 0.251 e. The number of aromatic nitrogens is 3. The Bertz CT molecular complexity index is 1270. The molecular formula is C25H25N5O2S. The van der Waals surface area contributed by atoms with Crippen LogP contribution in [0.1, 0.15) is 36.1 Å². The Morgan fingerprint density at radius 2 is 1.70 bits per heavy atom. The molecule has 7 nitrogen and oxygen atoms in total. The normalized spacial score (nSPS) is 11.8. The standard InChI is InChI=1S/C25H25N5O2S/c1-3-30-23(17(2)26-24(32)19-10-5-4-6-11-19)28-29-25(30)33-16-22(31)27-21-14-13-18-9-7-8-12-20(18)15-21/h4-15,17H,3,16H2,1-2H3,(H,26,32)(H,27,31). The molecule has 2 N–H and O–H groups in total. The maximum absolute atomic E-state index is 12.5. The molecule has 1 heterocycles. The number of hydrogen-bond acceptors (Lipinski definition) is 5. The third kappa shape index (κ3) is 5.40. The van der Waals surface area contributed by atoms with Gasteiger partial charge in [0.25, 0.3) is 5.91 Å². The van der Waals surface area contributed by atoms with Crippen molar-refractivity contribution in [2.24, 2.45) is 0 Å². The summed E-state index contributed by atoms with van der Waals surface area (Å²) in [6.45, 7) is 4.48. The van der Waals surface area contributed by atoms with Crippen molar-refractivity contribution in [1.82, 2.24) is 20.1 Å². The fourth-order valence-corrected chi connectivity index (χ4v) is 4.36. The van der Waals surface area contributed by atoms with Crippen LogP contribution >= 0.6 is 11.8 Å². The van der Waals surface area contributed by atoms with Crippen molar-refractivity contribution in [3.05, 3.63) is 84.2 Å². The Labute approximate surface area is 196 Å². The van der Waals surface area contributed by atoms with E-state index in [0.717, 1.165) is 16.5 Å². The zero-order valence-electron chi connectivity index (χ0n) is 18.5. The molecule has 1 unspecified atom stereocenters. The molecule has 0 aliphatic heterocycles. The highest BCUT2D eigenvalue weighted by atomic mass is 32.2. The van der Waals surface area contributed by atoms with Crippen LogP contribution in [0.3, 0.4) is 0 Å². The summed E-state index contributed by atoms with van der Waals surface area (Å²) >= 11 is 1.32. The molecule has 0 spiro atoms. The van der Waals surface area contributed by atoms with Gasteiger partial charge in [0.05, 0.1) is 11.8 Å². The topological polar surface area (TPSA) is 88.9 Å². The first-order valence-electron chi connectivity index (χ1n) is 10.8. The van der Waals surface area contributed by atoms with Gasteiger partial charge in [0, 0.05) is 17.8 Å². The van der Waals surface area contributed by atoms with Gasteiger partial charge >= 0.3 is 0 Å². The van der Waals surface area contributed by atoms with Gasteiger partial charge in [0.1, 0.15) is 0 Å². The summed E-state index contributed by atoms with van der Waals surface area (Å²) in [5, 5.41) is 17.3. The van der Waals surface area contributed by atoms with Crippen LogP contribution < -0.4 is 10.6 Å². The summed E-state index contributed by atoms with van der Waals surface area (Å²) in [4.78, 5) is 25.0. The van der Waals surface area contributed by atoms with Gasteiger partial charge in [0.2, 0.25) is 5.91 Å². The summed E-state index contributed by atoms with van der Waals surface area (Å²) in [6.07, 6.45) is 0. The fraction of sp³-hybridized carbons (Fsp3) is 0.200. The highest BCUT2D eigenvalue weighted by Gasteiger charge is 2.20. The first-order valence-corrected chi connectivity index (χ1v) is 11.7. The number of thioether (sulfide) groups is 1. The van der Waals surface area contributed by atoms with Gasteiger partial charge in [-0.1, -0.05) is 60.3 Å². The molecule has 2 amide bonds. The highest BCUT2D eigenvalue weighted by Crippen LogP contribution is 2.22. The van der Waals surface area contributed by atoms with E-state index in [1.165, 1.54) is 11.8 Å². The molecule has 0 saturated carbocycles. The number of nitrogens with zero attached hydrogens (tertiary/aromatic N) is 3. The van der Waals surface area contributed by atoms with Crippen molar-refractivity contribution < 1.29 is 9.59 Å². The van der Waals surface area contributed by atoms with E-state index in [0.29, 0.717) is 23.1 Å². The number of nitrogens with one attached hydrogen (secondary N) is 2. The maximum atomic E-state index is 12.5. The minimum absolute atomic E-state index is 0.118. The van der Waals surface area contributed by atoms with E-state index >= 15 is 0 Å². The monoisotopic (exact) mass is 459 g/mol. The summed E-state index contributed by atoms with van der Waals surface area (Å²) in [5.74, 6) is 0.570.